The summed E-state index contributed by atoms with van der Waals surface area (Å²) in [6.07, 6.45) is -2.19. The molecule has 2 rings (SSSR count). The Hall–Kier alpha value is -2.16. The zero-order chi connectivity index (χ0) is 14.8. The Bertz CT molecular complexity index is 702. The van der Waals surface area contributed by atoms with E-state index < -0.39 is 26.7 Å². The third kappa shape index (κ3) is 3.23. The van der Waals surface area contributed by atoms with E-state index in [1.807, 2.05) is 0 Å². The second-order valence-corrected chi connectivity index (χ2v) is 5.41. The van der Waals surface area contributed by atoms with Crippen LogP contribution < -0.4 is 4.72 Å². The van der Waals surface area contributed by atoms with Crippen molar-refractivity contribution in [3.63, 3.8) is 0 Å². The molecule has 20 heavy (non-hydrogen) atoms. The first-order valence-corrected chi connectivity index (χ1v) is 6.73. The molecule has 2 aromatic rings. The number of aromatic nitrogens is 2. The summed E-state index contributed by atoms with van der Waals surface area (Å²) in [4.78, 5) is 6.74. The molecule has 0 atom stereocenters. The minimum Gasteiger partial charge on any atom is -0.263 e. The number of nitrogens with one attached hydrogen (secondary N) is 1. The van der Waals surface area contributed by atoms with Crippen molar-refractivity contribution < 1.29 is 21.6 Å². The summed E-state index contributed by atoms with van der Waals surface area (Å²) in [6, 6.07) is 4.73. The number of halogens is 3. The lowest BCUT2D eigenvalue weighted by molar-refractivity contribution is -0.137. The molecule has 1 aromatic carbocycles. The van der Waals surface area contributed by atoms with E-state index in [1.54, 1.807) is 0 Å². The summed E-state index contributed by atoms with van der Waals surface area (Å²) in [5.41, 5.74) is -1.04. The van der Waals surface area contributed by atoms with E-state index in [2.05, 4.69) is 14.7 Å². The fraction of sp³-hybridized carbons (Fsp3) is 0.0909. The van der Waals surface area contributed by atoms with Crippen molar-refractivity contribution in [2.24, 2.45) is 0 Å². The third-order valence-electron chi connectivity index (χ3n) is 2.29. The van der Waals surface area contributed by atoms with Gasteiger partial charge in [0.2, 0.25) is 0 Å². The van der Waals surface area contributed by atoms with Crippen LogP contribution in [0.5, 0.6) is 0 Å². The van der Waals surface area contributed by atoms with Crippen LogP contribution in [0.1, 0.15) is 5.56 Å². The number of nitrogens with zero attached hydrogens (tertiary/aromatic N) is 2. The van der Waals surface area contributed by atoms with Crippen LogP contribution >= 0.6 is 0 Å². The van der Waals surface area contributed by atoms with Crippen LogP contribution in [0, 0.1) is 0 Å². The van der Waals surface area contributed by atoms with Crippen LogP contribution in [-0.4, -0.2) is 18.4 Å². The van der Waals surface area contributed by atoms with Gasteiger partial charge in [-0.3, -0.25) is 4.72 Å². The SMILES string of the molecule is O=S(=O)(Nc1ccncn1)c1cccc(C(F)(F)F)c1. The van der Waals surface area contributed by atoms with Gasteiger partial charge in [0.1, 0.15) is 12.1 Å². The monoisotopic (exact) mass is 303 g/mol. The van der Waals surface area contributed by atoms with Crippen LogP contribution in [-0.2, 0) is 16.2 Å². The number of rotatable bonds is 3. The smallest absolute Gasteiger partial charge is 0.263 e. The van der Waals surface area contributed by atoms with Crippen molar-refractivity contribution in [3.8, 4) is 0 Å². The number of sulfonamides is 1. The Morgan fingerprint density at radius 1 is 1.15 bits per heavy atom. The summed E-state index contributed by atoms with van der Waals surface area (Å²) in [6.45, 7) is 0. The highest BCUT2D eigenvalue weighted by Crippen LogP contribution is 2.30. The Labute approximate surface area is 112 Å². The molecule has 0 bridgehead atoms. The highest BCUT2D eigenvalue weighted by atomic mass is 32.2. The second-order valence-electron chi connectivity index (χ2n) is 3.73. The summed E-state index contributed by atoms with van der Waals surface area (Å²) in [7, 11) is -4.14. The maximum Gasteiger partial charge on any atom is 0.416 e. The molecule has 0 amide bonds. The van der Waals surface area contributed by atoms with Crippen molar-refractivity contribution in [3.05, 3.63) is 48.4 Å². The van der Waals surface area contributed by atoms with Gasteiger partial charge < -0.3 is 0 Å². The van der Waals surface area contributed by atoms with Gasteiger partial charge in [-0.2, -0.15) is 13.2 Å². The minimum absolute atomic E-state index is 0.0302. The summed E-state index contributed by atoms with van der Waals surface area (Å²) < 4.78 is 63.6. The first kappa shape index (κ1) is 14.3. The summed E-state index contributed by atoms with van der Waals surface area (Å²) in [5.74, 6) is -0.0302. The van der Waals surface area contributed by atoms with Gasteiger partial charge in [0, 0.05) is 6.20 Å². The highest BCUT2D eigenvalue weighted by Gasteiger charge is 2.31. The summed E-state index contributed by atoms with van der Waals surface area (Å²) >= 11 is 0. The average molecular weight is 303 g/mol. The minimum atomic E-state index is -4.61. The predicted molar refractivity (Wildman–Crippen MR) is 64.3 cm³/mol. The van der Waals surface area contributed by atoms with Gasteiger partial charge in [0.05, 0.1) is 10.5 Å². The molecule has 106 valence electrons. The van der Waals surface area contributed by atoms with Crippen molar-refractivity contribution in [1.82, 2.24) is 9.97 Å². The van der Waals surface area contributed by atoms with E-state index in [4.69, 9.17) is 0 Å². The Balaban J connectivity index is 2.35. The normalized spacial score (nSPS) is 12.2. The summed E-state index contributed by atoms with van der Waals surface area (Å²) in [5, 5.41) is 0. The number of alkyl halides is 3. The van der Waals surface area contributed by atoms with Crippen LogP contribution in [0.4, 0.5) is 19.0 Å². The number of anilines is 1. The fourth-order valence-electron chi connectivity index (χ4n) is 1.39. The molecule has 1 heterocycles. The molecule has 0 radical (unpaired) electrons. The Kier molecular flexibility index (Phi) is 3.62. The zero-order valence-electron chi connectivity index (χ0n) is 9.79. The molecule has 0 aliphatic carbocycles. The molecule has 1 aromatic heterocycles. The average Bonchev–Trinajstić information content (AvgIpc) is 2.38. The molecule has 0 saturated carbocycles. The standard InChI is InChI=1S/C11H8F3N3O2S/c12-11(13,14)8-2-1-3-9(6-8)20(18,19)17-10-4-5-15-7-16-10/h1-7H,(H,15,16,17). The molecule has 0 unspecified atom stereocenters. The molecule has 0 spiro atoms. The van der Waals surface area contributed by atoms with Crippen LogP contribution in [0.2, 0.25) is 0 Å². The number of hydrogen-bond acceptors (Lipinski definition) is 4. The first-order valence-electron chi connectivity index (χ1n) is 5.25. The molecule has 5 nitrogen and oxygen atoms in total. The van der Waals surface area contributed by atoms with Crippen molar-refractivity contribution in [2.75, 3.05) is 4.72 Å². The van der Waals surface area contributed by atoms with E-state index in [9.17, 15) is 21.6 Å². The molecule has 0 aliphatic heterocycles. The molecule has 0 aliphatic rings. The quantitative estimate of drug-likeness (QED) is 0.944. The molecule has 0 saturated heterocycles. The molecule has 1 N–H and O–H groups in total. The van der Waals surface area contributed by atoms with Crippen molar-refractivity contribution in [2.45, 2.75) is 11.1 Å². The fourth-order valence-corrected chi connectivity index (χ4v) is 2.44. The van der Waals surface area contributed by atoms with E-state index in [0.29, 0.717) is 6.07 Å². The third-order valence-corrected chi connectivity index (χ3v) is 3.64. The topological polar surface area (TPSA) is 72.0 Å². The largest absolute Gasteiger partial charge is 0.416 e. The number of benzene rings is 1. The molecule has 0 fully saturated rings. The first-order chi connectivity index (χ1) is 9.29. The van der Waals surface area contributed by atoms with E-state index in [0.717, 1.165) is 24.5 Å². The second kappa shape index (κ2) is 5.08. The lowest BCUT2D eigenvalue weighted by atomic mass is 10.2. The van der Waals surface area contributed by atoms with Crippen LogP contribution in [0.15, 0.2) is 47.8 Å². The molecule has 9 heteroatoms. The molecular weight excluding hydrogens is 295 g/mol. The van der Waals surface area contributed by atoms with Gasteiger partial charge in [0.25, 0.3) is 10.0 Å². The van der Waals surface area contributed by atoms with E-state index in [1.165, 1.54) is 12.3 Å². The van der Waals surface area contributed by atoms with Gasteiger partial charge in [0.15, 0.2) is 0 Å². The van der Waals surface area contributed by atoms with E-state index in [-0.39, 0.29) is 5.82 Å². The zero-order valence-corrected chi connectivity index (χ0v) is 10.6. The van der Waals surface area contributed by atoms with Crippen molar-refractivity contribution >= 4 is 15.8 Å². The van der Waals surface area contributed by atoms with Gasteiger partial charge in [-0.05, 0) is 24.3 Å². The van der Waals surface area contributed by atoms with E-state index >= 15 is 0 Å². The lowest BCUT2D eigenvalue weighted by Crippen LogP contribution is -2.15. The van der Waals surface area contributed by atoms with Crippen LogP contribution in [0.3, 0.4) is 0 Å². The van der Waals surface area contributed by atoms with Gasteiger partial charge in [-0.25, -0.2) is 18.4 Å². The predicted octanol–water partition coefficient (Wildman–Crippen LogP) is 2.30. The maximum atomic E-state index is 12.5. The van der Waals surface area contributed by atoms with Gasteiger partial charge >= 0.3 is 6.18 Å². The highest BCUT2D eigenvalue weighted by molar-refractivity contribution is 7.92. The van der Waals surface area contributed by atoms with Gasteiger partial charge in [-0.1, -0.05) is 6.07 Å². The van der Waals surface area contributed by atoms with Gasteiger partial charge in [-0.15, -0.1) is 0 Å². The van der Waals surface area contributed by atoms with Crippen LogP contribution in [0.25, 0.3) is 0 Å². The molecular formula is C11H8F3N3O2S. The number of hydrogen-bond donors (Lipinski definition) is 1. The lowest BCUT2D eigenvalue weighted by Gasteiger charge is -2.10. The Morgan fingerprint density at radius 3 is 2.50 bits per heavy atom. The van der Waals surface area contributed by atoms with Crippen molar-refractivity contribution in [1.29, 1.82) is 0 Å². The Morgan fingerprint density at radius 2 is 1.90 bits per heavy atom. The maximum absolute atomic E-state index is 12.5.